The monoisotopic (exact) mass is 471 g/mol. The number of hydrogen-bond donors (Lipinski definition) is 1. The lowest BCUT2D eigenvalue weighted by Crippen LogP contribution is -2.14. The lowest BCUT2D eigenvalue weighted by molar-refractivity contribution is -0.395. The fourth-order valence-electron chi connectivity index (χ4n) is 2.98. The quantitative estimate of drug-likeness (QED) is 0.322. The van der Waals surface area contributed by atoms with Gasteiger partial charge in [0, 0.05) is 29.6 Å². The van der Waals surface area contributed by atoms with Crippen LogP contribution in [-0.2, 0) is 10.0 Å². The summed E-state index contributed by atoms with van der Waals surface area (Å²) < 4.78 is 27.8. The van der Waals surface area contributed by atoms with Gasteiger partial charge in [0.05, 0.1) is 9.85 Å². The number of rotatable bonds is 6. The van der Waals surface area contributed by atoms with Crippen LogP contribution in [0.5, 0.6) is 0 Å². The minimum atomic E-state index is -4.32. The molecule has 0 unspecified atom stereocenters. The smallest absolute Gasteiger partial charge is 0.280 e. The maximum Gasteiger partial charge on any atom is 0.280 e. The minimum absolute atomic E-state index is 0.180. The molecule has 0 amide bonds. The van der Waals surface area contributed by atoms with Crippen molar-refractivity contribution in [3.05, 3.63) is 80.5 Å². The molecule has 0 fully saturated rings. The SMILES string of the molecule is Cc1c([N+](=O)[O-])cc(S(=O)(=O)Nc2ccc(-c3nc4cccnc4s3)cc2)cc1[N+](=O)[O-]. The van der Waals surface area contributed by atoms with Crippen LogP contribution >= 0.6 is 11.3 Å². The topological polar surface area (TPSA) is 158 Å². The van der Waals surface area contributed by atoms with Gasteiger partial charge in [-0.2, -0.15) is 0 Å². The second kappa shape index (κ2) is 7.94. The Labute approximate surface area is 184 Å². The molecular weight excluding hydrogens is 458 g/mol. The highest BCUT2D eigenvalue weighted by Gasteiger charge is 2.28. The average molecular weight is 471 g/mol. The Hall–Kier alpha value is -3.97. The second-order valence-corrected chi connectivity index (χ2v) is 9.29. The van der Waals surface area contributed by atoms with Gasteiger partial charge in [-0.1, -0.05) is 11.3 Å². The number of pyridine rings is 1. The van der Waals surface area contributed by atoms with Gasteiger partial charge in [0.25, 0.3) is 21.4 Å². The Balaban J connectivity index is 1.65. The number of sulfonamides is 1. The molecular formula is C19H13N5O6S2. The zero-order valence-corrected chi connectivity index (χ0v) is 17.9. The van der Waals surface area contributed by atoms with Crippen LogP contribution in [0.2, 0.25) is 0 Å². The summed E-state index contributed by atoms with van der Waals surface area (Å²) in [5.41, 5.74) is 0.142. The molecule has 0 atom stereocenters. The van der Waals surface area contributed by atoms with Gasteiger partial charge in [0.2, 0.25) is 0 Å². The van der Waals surface area contributed by atoms with Gasteiger partial charge in [0.1, 0.15) is 25.8 Å². The van der Waals surface area contributed by atoms with Crippen LogP contribution in [0.3, 0.4) is 0 Å². The number of thiazole rings is 1. The summed E-state index contributed by atoms with van der Waals surface area (Å²) in [6.45, 7) is 1.19. The average Bonchev–Trinajstić information content (AvgIpc) is 3.18. The molecule has 0 saturated carbocycles. The summed E-state index contributed by atoms with van der Waals surface area (Å²) in [5, 5.41) is 23.2. The van der Waals surface area contributed by atoms with Gasteiger partial charge in [-0.3, -0.25) is 25.0 Å². The first-order valence-corrected chi connectivity index (χ1v) is 11.2. The molecule has 11 nitrogen and oxygen atoms in total. The summed E-state index contributed by atoms with van der Waals surface area (Å²) in [6.07, 6.45) is 1.67. The van der Waals surface area contributed by atoms with Crippen molar-refractivity contribution in [1.29, 1.82) is 0 Å². The third kappa shape index (κ3) is 3.98. The van der Waals surface area contributed by atoms with Gasteiger partial charge >= 0.3 is 0 Å². The van der Waals surface area contributed by atoms with E-state index in [-0.39, 0.29) is 11.3 Å². The van der Waals surface area contributed by atoms with E-state index in [1.54, 1.807) is 24.4 Å². The summed E-state index contributed by atoms with van der Waals surface area (Å²) >= 11 is 1.39. The van der Waals surface area contributed by atoms with Gasteiger partial charge in [-0.25, -0.2) is 18.4 Å². The highest BCUT2D eigenvalue weighted by molar-refractivity contribution is 7.92. The number of nitro groups is 2. The van der Waals surface area contributed by atoms with E-state index in [1.807, 2.05) is 6.07 Å². The van der Waals surface area contributed by atoms with Crippen molar-refractivity contribution in [2.45, 2.75) is 11.8 Å². The van der Waals surface area contributed by atoms with E-state index in [9.17, 15) is 28.6 Å². The van der Waals surface area contributed by atoms with Crippen molar-refractivity contribution < 1.29 is 18.3 Å². The molecule has 2 aromatic carbocycles. The Morgan fingerprint density at radius 3 is 2.19 bits per heavy atom. The highest BCUT2D eigenvalue weighted by Crippen LogP contribution is 2.33. The summed E-state index contributed by atoms with van der Waals surface area (Å²) in [6, 6.07) is 11.5. The largest absolute Gasteiger partial charge is 0.280 e. The maximum atomic E-state index is 12.8. The third-order valence-corrected chi connectivity index (χ3v) is 6.97. The van der Waals surface area contributed by atoms with Crippen LogP contribution in [0, 0.1) is 27.2 Å². The molecule has 0 radical (unpaired) electrons. The Bertz CT molecular complexity index is 1410. The molecule has 162 valence electrons. The van der Waals surface area contributed by atoms with E-state index < -0.39 is 36.1 Å². The number of hydrogen-bond acceptors (Lipinski definition) is 9. The summed E-state index contributed by atoms with van der Waals surface area (Å²) in [4.78, 5) is 29.7. The number of nitrogens with one attached hydrogen (secondary N) is 1. The van der Waals surface area contributed by atoms with Crippen molar-refractivity contribution in [1.82, 2.24) is 9.97 Å². The number of nitrogens with zero attached hydrogens (tertiary/aromatic N) is 4. The molecule has 0 aliphatic rings. The van der Waals surface area contributed by atoms with Crippen LogP contribution < -0.4 is 4.72 Å². The zero-order chi connectivity index (χ0) is 23.0. The molecule has 4 rings (SSSR count). The van der Waals surface area contributed by atoms with E-state index in [1.165, 1.54) is 30.4 Å². The van der Waals surface area contributed by atoms with Gasteiger partial charge in [-0.15, -0.1) is 0 Å². The number of aromatic nitrogens is 2. The van der Waals surface area contributed by atoms with Crippen LogP contribution in [-0.4, -0.2) is 28.2 Å². The molecule has 13 heteroatoms. The van der Waals surface area contributed by atoms with Crippen molar-refractivity contribution in [2.75, 3.05) is 4.72 Å². The van der Waals surface area contributed by atoms with E-state index >= 15 is 0 Å². The van der Waals surface area contributed by atoms with Crippen molar-refractivity contribution in [2.24, 2.45) is 0 Å². The molecule has 4 aromatic rings. The number of fused-ring (bicyclic) bond motifs is 1. The molecule has 0 spiro atoms. The maximum absolute atomic E-state index is 12.8. The molecule has 0 aliphatic heterocycles. The molecule has 32 heavy (non-hydrogen) atoms. The van der Waals surface area contributed by atoms with Crippen LogP contribution in [0.1, 0.15) is 5.56 Å². The molecule has 2 aromatic heterocycles. The fraction of sp³-hybridized carbons (Fsp3) is 0.0526. The van der Waals surface area contributed by atoms with E-state index in [2.05, 4.69) is 14.7 Å². The number of nitro benzene ring substituents is 2. The van der Waals surface area contributed by atoms with Gasteiger partial charge < -0.3 is 0 Å². The van der Waals surface area contributed by atoms with Crippen LogP contribution in [0.15, 0.2) is 59.6 Å². The minimum Gasteiger partial charge on any atom is -0.280 e. The molecule has 0 bridgehead atoms. The molecule has 1 N–H and O–H groups in total. The fourth-order valence-corrected chi connectivity index (χ4v) is 4.99. The number of benzene rings is 2. The van der Waals surface area contributed by atoms with Crippen molar-refractivity contribution in [3.63, 3.8) is 0 Å². The normalized spacial score (nSPS) is 11.4. The van der Waals surface area contributed by atoms with Gasteiger partial charge in [-0.05, 0) is 43.3 Å². The van der Waals surface area contributed by atoms with Crippen molar-refractivity contribution >= 4 is 48.8 Å². The Morgan fingerprint density at radius 1 is 1.00 bits per heavy atom. The summed E-state index contributed by atoms with van der Waals surface area (Å²) in [7, 11) is -4.32. The Morgan fingerprint density at radius 2 is 1.62 bits per heavy atom. The lowest BCUT2D eigenvalue weighted by Gasteiger charge is -2.09. The predicted molar refractivity (Wildman–Crippen MR) is 118 cm³/mol. The molecule has 0 aliphatic carbocycles. The van der Waals surface area contributed by atoms with Crippen LogP contribution in [0.25, 0.3) is 20.9 Å². The Kier molecular flexibility index (Phi) is 5.28. The molecule has 2 heterocycles. The van der Waals surface area contributed by atoms with Crippen LogP contribution in [0.4, 0.5) is 17.1 Å². The van der Waals surface area contributed by atoms with E-state index in [0.717, 1.165) is 28.0 Å². The lowest BCUT2D eigenvalue weighted by atomic mass is 10.1. The van der Waals surface area contributed by atoms with E-state index in [4.69, 9.17) is 0 Å². The summed E-state index contributed by atoms with van der Waals surface area (Å²) in [5.74, 6) is 0. The zero-order valence-electron chi connectivity index (χ0n) is 16.3. The first-order valence-electron chi connectivity index (χ1n) is 8.94. The third-order valence-electron chi connectivity index (χ3n) is 4.58. The van der Waals surface area contributed by atoms with Gasteiger partial charge in [0.15, 0.2) is 0 Å². The highest BCUT2D eigenvalue weighted by atomic mass is 32.2. The van der Waals surface area contributed by atoms with Crippen molar-refractivity contribution in [3.8, 4) is 10.6 Å². The number of anilines is 1. The predicted octanol–water partition coefficient (Wildman–Crippen LogP) is 4.28. The first-order chi connectivity index (χ1) is 15.2. The van der Waals surface area contributed by atoms with E-state index in [0.29, 0.717) is 5.01 Å². The standard InChI is InChI=1S/C19H13N5O6S2/c1-11-16(23(25)26)9-14(10-17(11)24(27)28)32(29,30)22-13-6-4-12(5-7-13)18-21-15-3-2-8-20-19(15)31-18/h2-10,22H,1H3. The second-order valence-electron chi connectivity index (χ2n) is 6.63. The first kappa shape index (κ1) is 21.3. The molecule has 0 saturated heterocycles.